The van der Waals surface area contributed by atoms with Crippen LogP contribution in [0.1, 0.15) is 0 Å². The minimum absolute atomic E-state index is 0. The van der Waals surface area contributed by atoms with Crippen molar-refractivity contribution in [2.24, 2.45) is 5.73 Å². The third kappa shape index (κ3) is 8.84. The molecule has 2 N–H and O–H groups in total. The molecular formula is C7H12ClNO4. The average molecular weight is 210 g/mol. The highest BCUT2D eigenvalue weighted by Crippen LogP contribution is 1.82. The number of carbonyl (C=O) groups excluding carboxylic acids is 2. The SMILES string of the molecule is COC(=O)/C=C/C(=O)OCCN.Cl. The highest BCUT2D eigenvalue weighted by atomic mass is 35.5. The number of rotatable bonds is 4. The van der Waals surface area contributed by atoms with Crippen molar-refractivity contribution in [1.29, 1.82) is 0 Å². The second-order valence-corrected chi connectivity index (χ2v) is 1.81. The van der Waals surface area contributed by atoms with Crippen LogP contribution in [0.4, 0.5) is 0 Å². The summed E-state index contributed by atoms with van der Waals surface area (Å²) in [4.78, 5) is 21.1. The largest absolute Gasteiger partial charge is 0.466 e. The van der Waals surface area contributed by atoms with Crippen LogP contribution in [0.5, 0.6) is 0 Å². The van der Waals surface area contributed by atoms with Crippen LogP contribution in [0.15, 0.2) is 12.2 Å². The second-order valence-electron chi connectivity index (χ2n) is 1.81. The van der Waals surface area contributed by atoms with Crippen molar-refractivity contribution >= 4 is 24.3 Å². The summed E-state index contributed by atoms with van der Waals surface area (Å²) in [6.45, 7) is 0.405. The Kier molecular flexibility index (Phi) is 10.0. The lowest BCUT2D eigenvalue weighted by Crippen LogP contribution is -2.12. The van der Waals surface area contributed by atoms with E-state index in [1.807, 2.05) is 0 Å². The maximum atomic E-state index is 10.6. The van der Waals surface area contributed by atoms with Gasteiger partial charge in [-0.15, -0.1) is 12.4 Å². The Balaban J connectivity index is 0. The van der Waals surface area contributed by atoms with Crippen LogP contribution in [0, 0.1) is 0 Å². The topological polar surface area (TPSA) is 78.6 Å². The first-order chi connectivity index (χ1) is 5.70. The van der Waals surface area contributed by atoms with Gasteiger partial charge in [-0.2, -0.15) is 0 Å². The molecule has 0 aliphatic heterocycles. The van der Waals surface area contributed by atoms with Gasteiger partial charge in [0.05, 0.1) is 7.11 Å². The molecule has 0 aromatic heterocycles. The van der Waals surface area contributed by atoms with Crippen molar-refractivity contribution in [2.45, 2.75) is 0 Å². The fraction of sp³-hybridized carbons (Fsp3) is 0.429. The van der Waals surface area contributed by atoms with E-state index in [2.05, 4.69) is 9.47 Å². The molecule has 0 aliphatic carbocycles. The van der Waals surface area contributed by atoms with Crippen molar-refractivity contribution in [2.75, 3.05) is 20.3 Å². The molecule has 76 valence electrons. The number of halogens is 1. The Morgan fingerprint density at radius 1 is 1.31 bits per heavy atom. The molecule has 13 heavy (non-hydrogen) atoms. The van der Waals surface area contributed by atoms with Crippen LogP contribution in [0.2, 0.25) is 0 Å². The lowest BCUT2D eigenvalue weighted by Gasteiger charge is -1.96. The molecule has 0 rings (SSSR count). The summed E-state index contributed by atoms with van der Waals surface area (Å²) in [7, 11) is 1.22. The number of methoxy groups -OCH3 is 1. The lowest BCUT2D eigenvalue weighted by molar-refractivity contribution is -0.139. The number of hydrogen-bond acceptors (Lipinski definition) is 5. The van der Waals surface area contributed by atoms with Crippen LogP contribution < -0.4 is 5.73 Å². The van der Waals surface area contributed by atoms with Crippen LogP contribution in [-0.4, -0.2) is 32.2 Å². The summed E-state index contributed by atoms with van der Waals surface area (Å²) in [6, 6.07) is 0. The monoisotopic (exact) mass is 209 g/mol. The van der Waals surface area contributed by atoms with Crippen LogP contribution in [0.25, 0.3) is 0 Å². The second kappa shape index (κ2) is 9.02. The van der Waals surface area contributed by atoms with E-state index in [0.29, 0.717) is 0 Å². The normalized spacial score (nSPS) is 9.08. The molecule has 0 heterocycles. The molecule has 0 radical (unpaired) electrons. The van der Waals surface area contributed by atoms with Gasteiger partial charge in [0.1, 0.15) is 6.61 Å². The first-order valence-corrected chi connectivity index (χ1v) is 3.33. The predicted octanol–water partition coefficient (Wildman–Crippen LogP) is -0.361. The minimum Gasteiger partial charge on any atom is -0.466 e. The Morgan fingerprint density at radius 2 is 1.85 bits per heavy atom. The summed E-state index contributed by atoms with van der Waals surface area (Å²) in [5, 5.41) is 0. The molecule has 0 saturated carbocycles. The Labute approximate surface area is 82.3 Å². The molecule has 0 spiro atoms. The minimum atomic E-state index is -0.606. The van der Waals surface area contributed by atoms with Crippen LogP contribution >= 0.6 is 12.4 Å². The summed E-state index contributed by atoms with van der Waals surface area (Å²) < 4.78 is 8.77. The summed E-state index contributed by atoms with van der Waals surface area (Å²) >= 11 is 0. The molecule has 0 atom stereocenters. The van der Waals surface area contributed by atoms with Crippen molar-refractivity contribution in [1.82, 2.24) is 0 Å². The van der Waals surface area contributed by atoms with E-state index in [1.165, 1.54) is 7.11 Å². The van der Waals surface area contributed by atoms with Gasteiger partial charge in [-0.3, -0.25) is 0 Å². The zero-order valence-electron chi connectivity index (χ0n) is 7.19. The molecule has 0 aromatic rings. The third-order valence-electron chi connectivity index (χ3n) is 0.919. The highest BCUT2D eigenvalue weighted by Gasteiger charge is 1.97. The van der Waals surface area contributed by atoms with Gasteiger partial charge in [-0.25, -0.2) is 9.59 Å². The molecular weight excluding hydrogens is 198 g/mol. The molecule has 0 saturated heterocycles. The Hall–Kier alpha value is -1.07. The van der Waals surface area contributed by atoms with Gasteiger partial charge in [0.2, 0.25) is 0 Å². The summed E-state index contributed by atoms with van der Waals surface area (Å²) in [6.07, 6.45) is 1.97. The third-order valence-corrected chi connectivity index (χ3v) is 0.919. The standard InChI is InChI=1S/C7H11NO4.ClH/c1-11-6(9)2-3-7(10)12-5-4-8;/h2-3H,4-5,8H2,1H3;1H/b3-2+;. The van der Waals surface area contributed by atoms with E-state index < -0.39 is 11.9 Å². The van der Waals surface area contributed by atoms with Crippen molar-refractivity contribution in [3.8, 4) is 0 Å². The van der Waals surface area contributed by atoms with E-state index in [1.54, 1.807) is 0 Å². The number of esters is 2. The Bertz CT molecular complexity index is 193. The smallest absolute Gasteiger partial charge is 0.331 e. The molecule has 0 unspecified atom stereocenters. The Morgan fingerprint density at radius 3 is 2.31 bits per heavy atom. The van der Waals surface area contributed by atoms with E-state index >= 15 is 0 Å². The molecule has 0 aliphatic rings. The van der Waals surface area contributed by atoms with Gasteiger partial charge in [0.25, 0.3) is 0 Å². The summed E-state index contributed by atoms with van der Waals surface area (Å²) in [5.41, 5.74) is 5.07. The predicted molar refractivity (Wildman–Crippen MR) is 48.4 cm³/mol. The maximum Gasteiger partial charge on any atom is 0.331 e. The van der Waals surface area contributed by atoms with Crippen LogP contribution in [0.3, 0.4) is 0 Å². The molecule has 5 nitrogen and oxygen atoms in total. The quantitative estimate of drug-likeness (QED) is 0.505. The van der Waals surface area contributed by atoms with Gasteiger partial charge in [0, 0.05) is 18.7 Å². The first-order valence-electron chi connectivity index (χ1n) is 3.33. The first kappa shape index (κ1) is 14.5. The molecule has 0 aromatic carbocycles. The molecule has 6 heteroatoms. The van der Waals surface area contributed by atoms with E-state index in [-0.39, 0.29) is 25.6 Å². The number of hydrogen-bond donors (Lipinski definition) is 1. The van der Waals surface area contributed by atoms with Gasteiger partial charge in [-0.1, -0.05) is 0 Å². The van der Waals surface area contributed by atoms with E-state index in [0.717, 1.165) is 12.2 Å². The van der Waals surface area contributed by atoms with Gasteiger partial charge < -0.3 is 15.2 Å². The zero-order valence-corrected chi connectivity index (χ0v) is 8.00. The number of ether oxygens (including phenoxy) is 2. The number of nitrogens with two attached hydrogens (primary N) is 1. The van der Waals surface area contributed by atoms with Crippen molar-refractivity contribution in [3.63, 3.8) is 0 Å². The zero-order chi connectivity index (χ0) is 9.40. The van der Waals surface area contributed by atoms with Gasteiger partial charge in [-0.05, 0) is 0 Å². The molecule has 0 amide bonds. The van der Waals surface area contributed by atoms with E-state index in [4.69, 9.17) is 5.73 Å². The highest BCUT2D eigenvalue weighted by molar-refractivity contribution is 5.91. The van der Waals surface area contributed by atoms with Crippen molar-refractivity contribution in [3.05, 3.63) is 12.2 Å². The fourth-order valence-corrected chi connectivity index (χ4v) is 0.412. The maximum absolute atomic E-state index is 10.6. The summed E-state index contributed by atoms with van der Waals surface area (Å²) in [5.74, 6) is -1.20. The fourth-order valence-electron chi connectivity index (χ4n) is 0.412. The molecule has 0 fully saturated rings. The van der Waals surface area contributed by atoms with Gasteiger partial charge >= 0.3 is 11.9 Å². The van der Waals surface area contributed by atoms with Crippen LogP contribution in [-0.2, 0) is 19.1 Å². The number of carbonyl (C=O) groups is 2. The van der Waals surface area contributed by atoms with Crippen molar-refractivity contribution < 1.29 is 19.1 Å². The average Bonchev–Trinajstić information content (AvgIpc) is 2.10. The molecule has 0 bridgehead atoms. The van der Waals surface area contributed by atoms with E-state index in [9.17, 15) is 9.59 Å². The lowest BCUT2D eigenvalue weighted by atomic mass is 10.5. The van der Waals surface area contributed by atoms with Gasteiger partial charge in [0.15, 0.2) is 0 Å².